The molecule has 0 spiro atoms. The van der Waals surface area contributed by atoms with Gasteiger partial charge in [0.2, 0.25) is 0 Å². The van der Waals surface area contributed by atoms with Crippen LogP contribution >= 0.6 is 0 Å². The fraction of sp³-hybridized carbons (Fsp3) is 0.619. The van der Waals surface area contributed by atoms with Gasteiger partial charge in [-0.2, -0.15) is 5.10 Å². The van der Waals surface area contributed by atoms with Gasteiger partial charge in [0.05, 0.1) is 12.1 Å². The zero-order valence-electron chi connectivity index (χ0n) is 16.1. The molecular weight excluding hydrogens is 322 g/mol. The van der Waals surface area contributed by atoms with Gasteiger partial charge in [-0.05, 0) is 64.9 Å². The minimum Gasteiger partial charge on any atom is -0.306 e. The first-order valence-corrected chi connectivity index (χ1v) is 10.1. The molecule has 140 valence electrons. The van der Waals surface area contributed by atoms with Gasteiger partial charge in [0.1, 0.15) is 11.6 Å². The second-order valence-corrected chi connectivity index (χ2v) is 7.96. The number of rotatable bonds is 4. The van der Waals surface area contributed by atoms with Gasteiger partial charge in [0.15, 0.2) is 0 Å². The van der Waals surface area contributed by atoms with Crippen molar-refractivity contribution in [2.75, 3.05) is 26.7 Å². The first-order chi connectivity index (χ1) is 12.7. The lowest BCUT2D eigenvalue weighted by molar-refractivity contribution is 0.122. The number of aryl methyl sites for hydroxylation is 1. The third kappa shape index (κ3) is 3.84. The lowest BCUT2D eigenvalue weighted by Gasteiger charge is -2.37. The molecule has 0 saturated carbocycles. The molecule has 2 fully saturated rings. The lowest BCUT2D eigenvalue weighted by Crippen LogP contribution is -2.37. The van der Waals surface area contributed by atoms with Gasteiger partial charge in [0.25, 0.3) is 0 Å². The second kappa shape index (κ2) is 7.89. The van der Waals surface area contributed by atoms with Crippen LogP contribution in [0.15, 0.2) is 30.3 Å². The van der Waals surface area contributed by atoms with Gasteiger partial charge < -0.3 is 4.90 Å². The third-order valence-corrected chi connectivity index (χ3v) is 5.94. The van der Waals surface area contributed by atoms with E-state index in [0.717, 1.165) is 32.0 Å². The van der Waals surface area contributed by atoms with E-state index in [1.807, 2.05) is 6.92 Å². The highest BCUT2D eigenvalue weighted by atomic mass is 15.4. The Kier molecular flexibility index (Phi) is 5.36. The van der Waals surface area contributed by atoms with E-state index in [4.69, 9.17) is 10.1 Å². The summed E-state index contributed by atoms with van der Waals surface area (Å²) in [6.45, 7) is 6.51. The fourth-order valence-corrected chi connectivity index (χ4v) is 4.47. The zero-order valence-corrected chi connectivity index (χ0v) is 16.1. The van der Waals surface area contributed by atoms with Crippen LogP contribution in [0.1, 0.15) is 61.4 Å². The molecule has 5 nitrogen and oxygen atoms in total. The van der Waals surface area contributed by atoms with Gasteiger partial charge in [-0.3, -0.25) is 4.90 Å². The predicted molar refractivity (Wildman–Crippen MR) is 104 cm³/mol. The summed E-state index contributed by atoms with van der Waals surface area (Å²) in [5.74, 6) is 2.12. The smallest absolute Gasteiger partial charge is 0.147 e. The van der Waals surface area contributed by atoms with E-state index in [9.17, 15) is 0 Å². The Balaban J connectivity index is 1.58. The molecule has 2 aliphatic rings. The standard InChI is InChI=1S/C21H31N5/c1-17-22-21(26(23-17)19-11-14-24(2)15-12-19)20-10-6-7-13-25(20)16-18-8-4-3-5-9-18/h3-5,8-9,19-20H,6-7,10-16H2,1-2H3. The lowest BCUT2D eigenvalue weighted by atomic mass is 9.99. The van der Waals surface area contributed by atoms with Crippen molar-refractivity contribution in [2.24, 2.45) is 0 Å². The van der Waals surface area contributed by atoms with Crippen molar-refractivity contribution in [3.05, 3.63) is 47.5 Å². The van der Waals surface area contributed by atoms with E-state index < -0.39 is 0 Å². The average molecular weight is 354 g/mol. The van der Waals surface area contributed by atoms with Crippen LogP contribution in [0.25, 0.3) is 0 Å². The van der Waals surface area contributed by atoms with Crippen LogP contribution in [0.4, 0.5) is 0 Å². The van der Waals surface area contributed by atoms with Crippen molar-refractivity contribution < 1.29 is 0 Å². The van der Waals surface area contributed by atoms with Gasteiger partial charge >= 0.3 is 0 Å². The molecule has 0 N–H and O–H groups in total. The van der Waals surface area contributed by atoms with Gasteiger partial charge in [-0.15, -0.1) is 0 Å². The summed E-state index contributed by atoms with van der Waals surface area (Å²) < 4.78 is 2.29. The van der Waals surface area contributed by atoms with Crippen LogP contribution in [0.2, 0.25) is 0 Å². The summed E-state index contributed by atoms with van der Waals surface area (Å²) in [4.78, 5) is 9.95. The first-order valence-electron chi connectivity index (χ1n) is 10.1. The molecule has 2 aromatic rings. The highest BCUT2D eigenvalue weighted by Gasteiger charge is 2.31. The largest absolute Gasteiger partial charge is 0.306 e. The third-order valence-electron chi connectivity index (χ3n) is 5.94. The molecule has 2 aliphatic heterocycles. The number of hydrogen-bond donors (Lipinski definition) is 0. The SMILES string of the molecule is Cc1nc(C2CCCCN2Cc2ccccc2)n(C2CCN(C)CC2)n1. The molecule has 5 heteroatoms. The highest BCUT2D eigenvalue weighted by Crippen LogP contribution is 2.34. The van der Waals surface area contributed by atoms with Crippen molar-refractivity contribution in [1.29, 1.82) is 0 Å². The number of hydrogen-bond acceptors (Lipinski definition) is 4. The summed E-state index contributed by atoms with van der Waals surface area (Å²) in [5, 5.41) is 4.84. The molecule has 2 saturated heterocycles. The van der Waals surface area contributed by atoms with E-state index in [1.165, 1.54) is 43.5 Å². The number of nitrogens with zero attached hydrogens (tertiary/aromatic N) is 5. The van der Waals surface area contributed by atoms with Crippen LogP contribution < -0.4 is 0 Å². The number of piperidine rings is 2. The Morgan fingerprint density at radius 3 is 2.54 bits per heavy atom. The topological polar surface area (TPSA) is 37.2 Å². The second-order valence-electron chi connectivity index (χ2n) is 7.96. The van der Waals surface area contributed by atoms with Crippen LogP contribution in [-0.2, 0) is 6.54 Å². The first kappa shape index (κ1) is 17.7. The molecule has 1 aromatic heterocycles. The molecule has 1 atom stereocenters. The molecule has 4 rings (SSSR count). The van der Waals surface area contributed by atoms with E-state index >= 15 is 0 Å². The van der Waals surface area contributed by atoms with Crippen LogP contribution in [-0.4, -0.2) is 51.2 Å². The zero-order chi connectivity index (χ0) is 17.9. The fourth-order valence-electron chi connectivity index (χ4n) is 4.47. The van der Waals surface area contributed by atoms with Crippen LogP contribution in [0.3, 0.4) is 0 Å². The molecule has 1 unspecified atom stereocenters. The van der Waals surface area contributed by atoms with Crippen molar-refractivity contribution >= 4 is 0 Å². The molecule has 0 aliphatic carbocycles. The normalized spacial score (nSPS) is 23.4. The van der Waals surface area contributed by atoms with E-state index in [0.29, 0.717) is 12.1 Å². The van der Waals surface area contributed by atoms with Crippen LogP contribution in [0, 0.1) is 6.92 Å². The summed E-state index contributed by atoms with van der Waals surface area (Å²) in [5.41, 5.74) is 1.39. The van der Waals surface area contributed by atoms with Gasteiger partial charge in [-0.25, -0.2) is 9.67 Å². The summed E-state index contributed by atoms with van der Waals surface area (Å²) >= 11 is 0. The summed E-state index contributed by atoms with van der Waals surface area (Å²) in [7, 11) is 2.21. The monoisotopic (exact) mass is 353 g/mol. The maximum Gasteiger partial charge on any atom is 0.147 e. The Bertz CT molecular complexity index is 702. The quantitative estimate of drug-likeness (QED) is 0.842. The van der Waals surface area contributed by atoms with Gasteiger partial charge in [-0.1, -0.05) is 36.8 Å². The molecule has 3 heterocycles. The number of likely N-dealkylation sites (tertiary alicyclic amines) is 2. The summed E-state index contributed by atoms with van der Waals surface area (Å²) in [6, 6.07) is 11.7. The van der Waals surface area contributed by atoms with E-state index in [-0.39, 0.29) is 0 Å². The minimum atomic E-state index is 0.393. The van der Waals surface area contributed by atoms with Crippen molar-refractivity contribution in [1.82, 2.24) is 24.6 Å². The summed E-state index contributed by atoms with van der Waals surface area (Å²) in [6.07, 6.45) is 6.12. The molecule has 1 aromatic carbocycles. The Hall–Kier alpha value is -1.72. The van der Waals surface area contributed by atoms with Crippen molar-refractivity contribution in [2.45, 2.75) is 57.7 Å². The number of aromatic nitrogens is 3. The molecule has 26 heavy (non-hydrogen) atoms. The Morgan fingerprint density at radius 1 is 1.00 bits per heavy atom. The maximum atomic E-state index is 4.92. The predicted octanol–water partition coefficient (Wildman–Crippen LogP) is 3.58. The molecule has 0 amide bonds. The van der Waals surface area contributed by atoms with Crippen molar-refractivity contribution in [3.8, 4) is 0 Å². The van der Waals surface area contributed by atoms with Crippen LogP contribution in [0.5, 0.6) is 0 Å². The molecule has 0 radical (unpaired) electrons. The Labute approximate surface area is 157 Å². The highest BCUT2D eigenvalue weighted by molar-refractivity contribution is 5.15. The average Bonchev–Trinajstić information content (AvgIpc) is 3.05. The van der Waals surface area contributed by atoms with E-state index in [1.54, 1.807) is 0 Å². The maximum absolute atomic E-state index is 4.92. The minimum absolute atomic E-state index is 0.393. The van der Waals surface area contributed by atoms with Crippen molar-refractivity contribution in [3.63, 3.8) is 0 Å². The number of benzene rings is 1. The molecular formula is C21H31N5. The Morgan fingerprint density at radius 2 is 1.77 bits per heavy atom. The van der Waals surface area contributed by atoms with Gasteiger partial charge in [0, 0.05) is 6.54 Å². The molecule has 0 bridgehead atoms. The van der Waals surface area contributed by atoms with E-state index in [2.05, 4.69) is 51.9 Å².